The fourth-order valence-electron chi connectivity index (χ4n) is 2.00. The molecule has 0 aliphatic carbocycles. The van der Waals surface area contributed by atoms with Gasteiger partial charge in [-0.05, 0) is 60.7 Å². The molecule has 0 aliphatic heterocycles. The molecule has 3 aromatic rings. The van der Waals surface area contributed by atoms with Crippen molar-refractivity contribution in [2.24, 2.45) is 4.99 Å². The van der Waals surface area contributed by atoms with Crippen LogP contribution in [-0.4, -0.2) is 10.8 Å². The summed E-state index contributed by atoms with van der Waals surface area (Å²) in [6.07, 6.45) is 3.87. The fraction of sp³-hybridized carbons (Fsp3) is 0. The first-order valence-corrected chi connectivity index (χ1v) is 7.62. The minimum absolute atomic E-state index is 0.732. The lowest BCUT2D eigenvalue weighted by Gasteiger charge is -2.06. The summed E-state index contributed by atoms with van der Waals surface area (Å²) < 4.78 is 3.12. The van der Waals surface area contributed by atoms with E-state index in [-0.39, 0.29) is 0 Å². The van der Waals surface area contributed by atoms with Crippen LogP contribution in [0, 0.1) is 0 Å². The van der Waals surface area contributed by atoms with Crippen LogP contribution >= 0.6 is 27.5 Å². The van der Waals surface area contributed by atoms with E-state index in [1.165, 1.54) is 0 Å². The van der Waals surface area contributed by atoms with Gasteiger partial charge in [-0.15, -0.1) is 0 Å². The van der Waals surface area contributed by atoms with Gasteiger partial charge in [0.1, 0.15) is 0 Å². The highest BCUT2D eigenvalue weighted by molar-refractivity contribution is 9.10. The Bertz CT molecular complexity index is 758. The molecule has 0 atom stereocenters. The molecule has 0 N–H and O–H groups in total. The molecule has 0 radical (unpaired) electrons. The highest BCUT2D eigenvalue weighted by Crippen LogP contribution is 2.18. The Morgan fingerprint density at radius 3 is 2.38 bits per heavy atom. The Labute approximate surface area is 136 Å². The van der Waals surface area contributed by atoms with E-state index in [0.717, 1.165) is 26.6 Å². The number of benzene rings is 2. The predicted octanol–water partition coefficient (Wildman–Crippen LogP) is 5.64. The van der Waals surface area contributed by atoms with Gasteiger partial charge < -0.3 is 4.57 Å². The monoisotopic (exact) mass is 358 g/mol. The third-order valence-corrected chi connectivity index (χ3v) is 3.84. The first-order valence-electron chi connectivity index (χ1n) is 6.45. The smallest absolute Gasteiger partial charge is 0.0639 e. The number of aliphatic imine (C=N–C) groups is 1. The summed E-state index contributed by atoms with van der Waals surface area (Å²) in [4.78, 5) is 4.50. The first-order chi connectivity index (χ1) is 10.2. The summed E-state index contributed by atoms with van der Waals surface area (Å²) >= 11 is 9.34. The molecule has 1 heterocycles. The Hall–Kier alpha value is -1.84. The maximum absolute atomic E-state index is 5.93. The third-order valence-electron chi connectivity index (χ3n) is 3.06. The lowest BCUT2D eigenvalue weighted by atomic mass is 10.3. The van der Waals surface area contributed by atoms with Gasteiger partial charge in [0.25, 0.3) is 0 Å². The van der Waals surface area contributed by atoms with Crippen molar-refractivity contribution in [2.45, 2.75) is 0 Å². The molecule has 0 spiro atoms. The number of halogens is 2. The van der Waals surface area contributed by atoms with Gasteiger partial charge >= 0.3 is 0 Å². The van der Waals surface area contributed by atoms with Gasteiger partial charge in [-0.2, -0.15) is 0 Å². The number of aromatic nitrogens is 1. The molecule has 0 bridgehead atoms. The van der Waals surface area contributed by atoms with Crippen molar-refractivity contribution in [2.75, 3.05) is 0 Å². The molecule has 2 aromatic carbocycles. The summed E-state index contributed by atoms with van der Waals surface area (Å²) in [5.74, 6) is 0. The first kappa shape index (κ1) is 14.1. The molecular formula is C17H12BrClN2. The standard InChI is InChI=1S/C17H12BrClN2/c18-13-3-7-15(8-4-13)20-12-17-2-1-11-21(17)16-9-5-14(19)6-10-16/h1-12H. The van der Waals surface area contributed by atoms with Crippen molar-refractivity contribution >= 4 is 39.4 Å². The maximum atomic E-state index is 5.93. The Balaban J connectivity index is 1.88. The van der Waals surface area contributed by atoms with Crippen molar-refractivity contribution in [1.82, 2.24) is 4.57 Å². The molecule has 3 rings (SSSR count). The van der Waals surface area contributed by atoms with Gasteiger partial charge in [0.15, 0.2) is 0 Å². The molecule has 0 saturated heterocycles. The predicted molar refractivity (Wildman–Crippen MR) is 92.2 cm³/mol. The third kappa shape index (κ3) is 3.43. The number of nitrogens with zero attached hydrogens (tertiary/aromatic N) is 2. The van der Waals surface area contributed by atoms with Crippen LogP contribution in [0.5, 0.6) is 0 Å². The highest BCUT2D eigenvalue weighted by atomic mass is 79.9. The number of rotatable bonds is 3. The summed E-state index contributed by atoms with van der Waals surface area (Å²) in [7, 11) is 0. The molecule has 21 heavy (non-hydrogen) atoms. The van der Waals surface area contributed by atoms with Crippen molar-refractivity contribution < 1.29 is 0 Å². The zero-order valence-corrected chi connectivity index (χ0v) is 13.4. The Morgan fingerprint density at radius 2 is 1.67 bits per heavy atom. The summed E-state index contributed by atoms with van der Waals surface area (Å²) in [5, 5.41) is 0.732. The van der Waals surface area contributed by atoms with E-state index in [1.54, 1.807) is 0 Å². The summed E-state index contributed by atoms with van der Waals surface area (Å²) in [5.41, 5.74) is 2.99. The molecule has 4 heteroatoms. The number of hydrogen-bond acceptors (Lipinski definition) is 1. The van der Waals surface area contributed by atoms with Gasteiger partial charge in [0.05, 0.1) is 17.6 Å². The Kier molecular flexibility index (Phi) is 4.23. The molecule has 104 valence electrons. The maximum Gasteiger partial charge on any atom is 0.0639 e. The molecule has 0 fully saturated rings. The summed E-state index contributed by atoms with van der Waals surface area (Å²) in [6, 6.07) is 19.6. The van der Waals surface area contributed by atoms with Gasteiger partial charge in [0.2, 0.25) is 0 Å². The SMILES string of the molecule is Clc1ccc(-n2cccc2C=Nc2ccc(Br)cc2)cc1. The average Bonchev–Trinajstić information content (AvgIpc) is 2.96. The molecule has 0 saturated carbocycles. The second-order valence-corrected chi connectivity index (χ2v) is 5.87. The van der Waals surface area contributed by atoms with Crippen LogP contribution in [0.1, 0.15) is 5.69 Å². The van der Waals surface area contributed by atoms with Crippen LogP contribution in [0.3, 0.4) is 0 Å². The van der Waals surface area contributed by atoms with E-state index < -0.39 is 0 Å². The van der Waals surface area contributed by atoms with E-state index in [1.807, 2.05) is 73.1 Å². The number of hydrogen-bond donors (Lipinski definition) is 0. The lowest BCUT2D eigenvalue weighted by Crippen LogP contribution is -1.97. The molecule has 0 amide bonds. The zero-order valence-electron chi connectivity index (χ0n) is 11.1. The molecular weight excluding hydrogens is 348 g/mol. The molecule has 0 aliphatic rings. The van der Waals surface area contributed by atoms with Crippen molar-refractivity contribution in [1.29, 1.82) is 0 Å². The van der Waals surface area contributed by atoms with Crippen molar-refractivity contribution in [3.05, 3.63) is 82.0 Å². The normalized spacial score (nSPS) is 11.1. The van der Waals surface area contributed by atoms with E-state index in [0.29, 0.717) is 0 Å². The van der Waals surface area contributed by atoms with E-state index in [4.69, 9.17) is 11.6 Å². The lowest BCUT2D eigenvalue weighted by molar-refractivity contribution is 1.07. The van der Waals surface area contributed by atoms with Gasteiger partial charge in [-0.25, -0.2) is 0 Å². The van der Waals surface area contributed by atoms with Gasteiger partial charge in [-0.3, -0.25) is 4.99 Å². The summed E-state index contributed by atoms with van der Waals surface area (Å²) in [6.45, 7) is 0. The second kappa shape index (κ2) is 6.29. The minimum atomic E-state index is 0.732. The largest absolute Gasteiger partial charge is 0.316 e. The van der Waals surface area contributed by atoms with Crippen LogP contribution in [0.4, 0.5) is 5.69 Å². The van der Waals surface area contributed by atoms with E-state index >= 15 is 0 Å². The van der Waals surface area contributed by atoms with Crippen LogP contribution in [0.2, 0.25) is 5.02 Å². The molecule has 0 unspecified atom stereocenters. The van der Waals surface area contributed by atoms with Crippen LogP contribution in [-0.2, 0) is 0 Å². The highest BCUT2D eigenvalue weighted by Gasteiger charge is 2.01. The van der Waals surface area contributed by atoms with Gasteiger partial charge in [0, 0.05) is 21.4 Å². The second-order valence-electron chi connectivity index (χ2n) is 4.51. The van der Waals surface area contributed by atoms with Crippen LogP contribution in [0.15, 0.2) is 76.3 Å². The average molecular weight is 360 g/mol. The minimum Gasteiger partial charge on any atom is -0.316 e. The molecule has 2 nitrogen and oxygen atoms in total. The quantitative estimate of drug-likeness (QED) is 0.538. The van der Waals surface area contributed by atoms with Crippen molar-refractivity contribution in [3.8, 4) is 5.69 Å². The zero-order chi connectivity index (χ0) is 14.7. The van der Waals surface area contributed by atoms with E-state index in [2.05, 4.69) is 25.5 Å². The molecule has 1 aromatic heterocycles. The van der Waals surface area contributed by atoms with Crippen LogP contribution in [0.25, 0.3) is 5.69 Å². The fourth-order valence-corrected chi connectivity index (χ4v) is 2.39. The van der Waals surface area contributed by atoms with Crippen molar-refractivity contribution in [3.63, 3.8) is 0 Å². The Morgan fingerprint density at radius 1 is 0.952 bits per heavy atom. The van der Waals surface area contributed by atoms with Crippen LogP contribution < -0.4 is 0 Å². The topological polar surface area (TPSA) is 17.3 Å². The van der Waals surface area contributed by atoms with E-state index in [9.17, 15) is 0 Å². The van der Waals surface area contributed by atoms with Gasteiger partial charge in [-0.1, -0.05) is 27.5 Å².